The fraction of sp³-hybridized carbons (Fsp3) is 0.300. The molecule has 0 unspecified atom stereocenters. The number of anilines is 1. The number of nitro benzene ring substituents is 1. The Morgan fingerprint density at radius 2 is 1.84 bits per heavy atom. The lowest BCUT2D eigenvalue weighted by molar-refractivity contribution is -0.384. The summed E-state index contributed by atoms with van der Waals surface area (Å²) in [6.07, 6.45) is 1.75. The molecule has 0 bridgehead atoms. The topological polar surface area (TPSA) is 130 Å². The van der Waals surface area contributed by atoms with Crippen molar-refractivity contribution in [1.29, 1.82) is 0 Å². The van der Waals surface area contributed by atoms with Crippen LogP contribution in [0.1, 0.15) is 12.0 Å². The number of aryl methyl sites for hydroxylation is 1. The standard InChI is InChI=1S/C20H21N5O5S/c1-14-3-5-15(6-4-14)31(29,30)24-8-2-7-23(9-10-24)18-12-17-16(11-19(18)25(27)28)20(26)22-13-21-17/h3-6,11-13H,2,7-10H2,1H3,(H,21,22,26). The Labute approximate surface area is 178 Å². The number of nitro groups is 1. The third-order valence-corrected chi connectivity index (χ3v) is 7.30. The summed E-state index contributed by atoms with van der Waals surface area (Å²) in [6.45, 7) is 3.11. The lowest BCUT2D eigenvalue weighted by atomic mass is 10.1. The summed E-state index contributed by atoms with van der Waals surface area (Å²) in [5.41, 5.74) is 0.978. The number of hydrogen-bond acceptors (Lipinski definition) is 7. The molecule has 31 heavy (non-hydrogen) atoms. The first-order valence-corrected chi connectivity index (χ1v) is 11.2. The van der Waals surface area contributed by atoms with Crippen LogP contribution < -0.4 is 10.5 Å². The number of rotatable bonds is 4. The number of benzene rings is 2. The summed E-state index contributed by atoms with van der Waals surface area (Å²) < 4.78 is 27.5. The van der Waals surface area contributed by atoms with Gasteiger partial charge in [-0.05, 0) is 31.5 Å². The molecule has 1 fully saturated rings. The molecule has 162 valence electrons. The largest absolute Gasteiger partial charge is 0.365 e. The van der Waals surface area contributed by atoms with Crippen LogP contribution in [0.15, 0.2) is 52.4 Å². The predicted octanol–water partition coefficient (Wildman–Crippen LogP) is 2.04. The van der Waals surface area contributed by atoms with Crippen molar-refractivity contribution in [2.24, 2.45) is 0 Å². The van der Waals surface area contributed by atoms with E-state index in [9.17, 15) is 23.3 Å². The lowest BCUT2D eigenvalue weighted by Gasteiger charge is -2.23. The summed E-state index contributed by atoms with van der Waals surface area (Å²) in [5, 5.41) is 11.8. The molecule has 1 aliphatic rings. The van der Waals surface area contributed by atoms with E-state index < -0.39 is 20.5 Å². The fourth-order valence-corrected chi connectivity index (χ4v) is 5.20. The van der Waals surface area contributed by atoms with Gasteiger partial charge >= 0.3 is 0 Å². The minimum atomic E-state index is -3.66. The Bertz CT molecular complexity index is 1300. The number of H-pyrrole nitrogens is 1. The quantitative estimate of drug-likeness (QED) is 0.482. The Kier molecular flexibility index (Phi) is 5.46. The molecule has 0 atom stereocenters. The van der Waals surface area contributed by atoms with E-state index in [1.165, 1.54) is 22.8 Å². The van der Waals surface area contributed by atoms with Gasteiger partial charge in [0.25, 0.3) is 11.2 Å². The lowest BCUT2D eigenvalue weighted by Crippen LogP contribution is -2.35. The second-order valence-electron chi connectivity index (χ2n) is 7.40. The molecule has 0 spiro atoms. The maximum Gasteiger partial charge on any atom is 0.293 e. The van der Waals surface area contributed by atoms with Crippen molar-refractivity contribution in [1.82, 2.24) is 14.3 Å². The van der Waals surface area contributed by atoms with Crippen LogP contribution in [0.2, 0.25) is 0 Å². The SMILES string of the molecule is Cc1ccc(S(=O)(=O)N2CCCN(c3cc4nc[nH]c(=O)c4cc3[N+](=O)[O-])CC2)cc1. The summed E-state index contributed by atoms with van der Waals surface area (Å²) in [6, 6.07) is 9.43. The first kappa shape index (κ1) is 20.9. The van der Waals surface area contributed by atoms with Crippen molar-refractivity contribution < 1.29 is 13.3 Å². The highest BCUT2D eigenvalue weighted by atomic mass is 32.2. The molecular formula is C20H21N5O5S. The second kappa shape index (κ2) is 8.08. The van der Waals surface area contributed by atoms with Gasteiger partial charge in [0, 0.05) is 32.2 Å². The van der Waals surface area contributed by atoms with E-state index in [0.29, 0.717) is 30.7 Å². The fourth-order valence-electron chi connectivity index (χ4n) is 3.73. The van der Waals surface area contributed by atoms with Gasteiger partial charge in [-0.2, -0.15) is 4.31 Å². The highest BCUT2D eigenvalue weighted by Crippen LogP contribution is 2.32. The second-order valence-corrected chi connectivity index (χ2v) is 9.34. The normalized spacial score (nSPS) is 15.7. The van der Waals surface area contributed by atoms with E-state index in [-0.39, 0.29) is 29.1 Å². The average Bonchev–Trinajstić information content (AvgIpc) is 3.00. The van der Waals surface area contributed by atoms with E-state index in [0.717, 1.165) is 5.56 Å². The average molecular weight is 443 g/mol. The summed E-state index contributed by atoms with van der Waals surface area (Å²) in [7, 11) is -3.66. The first-order chi connectivity index (χ1) is 14.8. The van der Waals surface area contributed by atoms with Gasteiger partial charge in [0.05, 0.1) is 27.0 Å². The molecule has 0 radical (unpaired) electrons. The van der Waals surface area contributed by atoms with Crippen molar-refractivity contribution in [3.05, 3.63) is 68.8 Å². The summed E-state index contributed by atoms with van der Waals surface area (Å²) >= 11 is 0. The Balaban J connectivity index is 1.65. The van der Waals surface area contributed by atoms with Gasteiger partial charge < -0.3 is 9.88 Å². The van der Waals surface area contributed by atoms with Gasteiger partial charge in [-0.25, -0.2) is 13.4 Å². The molecule has 11 heteroatoms. The molecule has 1 N–H and O–H groups in total. The molecule has 3 aromatic rings. The van der Waals surface area contributed by atoms with E-state index in [1.54, 1.807) is 29.2 Å². The maximum atomic E-state index is 13.0. The molecule has 4 rings (SSSR count). The molecule has 1 aliphatic heterocycles. The van der Waals surface area contributed by atoms with E-state index >= 15 is 0 Å². The third-order valence-electron chi connectivity index (χ3n) is 5.39. The highest BCUT2D eigenvalue weighted by Gasteiger charge is 2.29. The molecule has 1 saturated heterocycles. The molecule has 2 aromatic carbocycles. The van der Waals surface area contributed by atoms with Gasteiger partial charge in [0.1, 0.15) is 5.69 Å². The molecule has 0 saturated carbocycles. The maximum absolute atomic E-state index is 13.0. The summed E-state index contributed by atoms with van der Waals surface area (Å²) in [4.78, 5) is 31.7. The zero-order valence-electron chi connectivity index (χ0n) is 16.8. The zero-order chi connectivity index (χ0) is 22.2. The van der Waals surface area contributed by atoms with Crippen LogP contribution in [-0.2, 0) is 10.0 Å². The van der Waals surface area contributed by atoms with Crippen molar-refractivity contribution in [3.8, 4) is 0 Å². The van der Waals surface area contributed by atoms with Crippen LogP contribution in [0.4, 0.5) is 11.4 Å². The van der Waals surface area contributed by atoms with Gasteiger partial charge in [0.2, 0.25) is 10.0 Å². The summed E-state index contributed by atoms with van der Waals surface area (Å²) in [5.74, 6) is 0. The van der Waals surface area contributed by atoms with Crippen LogP contribution in [0, 0.1) is 17.0 Å². The first-order valence-electron chi connectivity index (χ1n) is 9.75. The highest BCUT2D eigenvalue weighted by molar-refractivity contribution is 7.89. The number of aromatic nitrogens is 2. The van der Waals surface area contributed by atoms with Crippen LogP contribution in [0.3, 0.4) is 0 Å². The molecule has 1 aromatic heterocycles. The number of nitrogens with zero attached hydrogens (tertiary/aromatic N) is 4. The number of fused-ring (bicyclic) bond motifs is 1. The molecule has 2 heterocycles. The number of aromatic amines is 1. The van der Waals surface area contributed by atoms with Crippen LogP contribution in [-0.4, -0.2) is 53.8 Å². The van der Waals surface area contributed by atoms with Crippen LogP contribution >= 0.6 is 0 Å². The zero-order valence-corrected chi connectivity index (χ0v) is 17.6. The molecular weight excluding hydrogens is 422 g/mol. The van der Waals surface area contributed by atoms with E-state index in [2.05, 4.69) is 9.97 Å². The van der Waals surface area contributed by atoms with Crippen molar-refractivity contribution in [2.45, 2.75) is 18.2 Å². The third kappa shape index (κ3) is 4.01. The Morgan fingerprint density at radius 1 is 1.10 bits per heavy atom. The Hall–Kier alpha value is -3.31. The number of sulfonamides is 1. The van der Waals surface area contributed by atoms with E-state index in [4.69, 9.17) is 0 Å². The van der Waals surface area contributed by atoms with Crippen LogP contribution in [0.25, 0.3) is 10.9 Å². The van der Waals surface area contributed by atoms with Crippen molar-refractivity contribution in [2.75, 3.05) is 31.1 Å². The molecule has 0 aliphatic carbocycles. The van der Waals surface area contributed by atoms with Gasteiger partial charge in [0.15, 0.2) is 0 Å². The molecule has 10 nitrogen and oxygen atoms in total. The monoisotopic (exact) mass is 443 g/mol. The van der Waals surface area contributed by atoms with Crippen molar-refractivity contribution in [3.63, 3.8) is 0 Å². The minimum Gasteiger partial charge on any atom is -0.365 e. The smallest absolute Gasteiger partial charge is 0.293 e. The van der Waals surface area contributed by atoms with E-state index in [1.807, 2.05) is 6.92 Å². The molecule has 0 amide bonds. The van der Waals surface area contributed by atoms with Crippen molar-refractivity contribution >= 4 is 32.3 Å². The predicted molar refractivity (Wildman–Crippen MR) is 116 cm³/mol. The van der Waals surface area contributed by atoms with Gasteiger partial charge in [-0.15, -0.1) is 0 Å². The van der Waals surface area contributed by atoms with Crippen LogP contribution in [0.5, 0.6) is 0 Å². The van der Waals surface area contributed by atoms with Gasteiger partial charge in [-0.1, -0.05) is 17.7 Å². The number of hydrogen-bond donors (Lipinski definition) is 1. The Morgan fingerprint density at radius 3 is 2.55 bits per heavy atom. The minimum absolute atomic E-state index is 0.136. The van der Waals surface area contributed by atoms with Gasteiger partial charge in [-0.3, -0.25) is 14.9 Å². The number of nitrogens with one attached hydrogen (secondary N) is 1.